The van der Waals surface area contributed by atoms with Crippen molar-refractivity contribution in [1.29, 1.82) is 0 Å². The molecule has 1 amide bonds. The van der Waals surface area contributed by atoms with Crippen LogP contribution in [0.5, 0.6) is 0 Å². The highest BCUT2D eigenvalue weighted by Crippen LogP contribution is 2.23. The van der Waals surface area contributed by atoms with E-state index < -0.39 is 33.1 Å². The van der Waals surface area contributed by atoms with Crippen LogP contribution in [0, 0.1) is 12.7 Å². The highest BCUT2D eigenvalue weighted by molar-refractivity contribution is 7.91. The number of carbonyl (C=O) groups is 1. The van der Waals surface area contributed by atoms with Gasteiger partial charge in [-0.25, -0.2) is 12.8 Å². The third kappa shape index (κ3) is 5.03. The monoisotopic (exact) mass is 383 g/mol. The molecule has 134 valence electrons. The summed E-state index contributed by atoms with van der Waals surface area (Å²) in [7, 11) is -3.87. The Labute approximate surface area is 151 Å². The Balaban J connectivity index is 2.15. The molecule has 0 aliphatic rings. The first-order chi connectivity index (χ1) is 11.7. The molecule has 2 rings (SSSR count). The maximum absolute atomic E-state index is 13.8. The SMILES string of the molecule is CCc1cccc(C)c1NC(=O)CS(=O)(=O)Cc1c(F)cccc1Cl. The van der Waals surface area contributed by atoms with E-state index in [-0.39, 0.29) is 10.6 Å². The van der Waals surface area contributed by atoms with Crippen molar-refractivity contribution in [2.45, 2.75) is 26.0 Å². The summed E-state index contributed by atoms with van der Waals surface area (Å²) in [6, 6.07) is 9.53. The molecule has 0 radical (unpaired) electrons. The minimum Gasteiger partial charge on any atom is -0.325 e. The molecule has 4 nitrogen and oxygen atoms in total. The molecule has 0 bridgehead atoms. The van der Waals surface area contributed by atoms with Gasteiger partial charge in [-0.2, -0.15) is 0 Å². The van der Waals surface area contributed by atoms with Crippen LogP contribution in [0.15, 0.2) is 36.4 Å². The fourth-order valence-corrected chi connectivity index (χ4v) is 4.13. The number of anilines is 1. The van der Waals surface area contributed by atoms with Crippen LogP contribution >= 0.6 is 11.6 Å². The van der Waals surface area contributed by atoms with E-state index in [1.165, 1.54) is 12.1 Å². The number of carbonyl (C=O) groups excluding carboxylic acids is 1. The zero-order chi connectivity index (χ0) is 18.6. The molecule has 1 N–H and O–H groups in total. The lowest BCUT2D eigenvalue weighted by molar-refractivity contribution is -0.113. The number of benzene rings is 2. The highest BCUT2D eigenvalue weighted by Gasteiger charge is 2.22. The summed E-state index contributed by atoms with van der Waals surface area (Å²) in [6.07, 6.45) is 0.703. The van der Waals surface area contributed by atoms with Gasteiger partial charge in [0.15, 0.2) is 9.84 Å². The first kappa shape index (κ1) is 19.4. The summed E-state index contributed by atoms with van der Waals surface area (Å²) >= 11 is 5.86. The van der Waals surface area contributed by atoms with Crippen LogP contribution in [0.25, 0.3) is 0 Å². The topological polar surface area (TPSA) is 63.2 Å². The van der Waals surface area contributed by atoms with E-state index in [0.717, 1.165) is 17.2 Å². The number of rotatable bonds is 6. The molecule has 0 saturated carbocycles. The molecule has 7 heteroatoms. The minimum atomic E-state index is -3.87. The van der Waals surface area contributed by atoms with Crippen LogP contribution in [0.4, 0.5) is 10.1 Å². The van der Waals surface area contributed by atoms with Crippen molar-refractivity contribution in [3.63, 3.8) is 0 Å². The average molecular weight is 384 g/mol. The average Bonchev–Trinajstić information content (AvgIpc) is 2.52. The zero-order valence-corrected chi connectivity index (χ0v) is 15.5. The molecule has 2 aromatic carbocycles. The Bertz CT molecular complexity index is 877. The third-order valence-electron chi connectivity index (χ3n) is 3.78. The van der Waals surface area contributed by atoms with Crippen molar-refractivity contribution in [1.82, 2.24) is 0 Å². The Morgan fingerprint density at radius 2 is 1.88 bits per heavy atom. The van der Waals surface area contributed by atoms with Crippen molar-refractivity contribution in [2.24, 2.45) is 0 Å². The van der Waals surface area contributed by atoms with Gasteiger partial charge >= 0.3 is 0 Å². The molecule has 25 heavy (non-hydrogen) atoms. The van der Waals surface area contributed by atoms with E-state index in [1.807, 2.05) is 32.0 Å². The van der Waals surface area contributed by atoms with Gasteiger partial charge in [-0.15, -0.1) is 0 Å². The van der Waals surface area contributed by atoms with E-state index in [0.29, 0.717) is 12.1 Å². The molecule has 0 saturated heterocycles. The predicted octanol–water partition coefficient (Wildman–Crippen LogP) is 3.90. The van der Waals surface area contributed by atoms with Crippen molar-refractivity contribution in [3.8, 4) is 0 Å². The Kier molecular flexibility index (Phi) is 6.19. The Hall–Kier alpha value is -1.92. The summed E-state index contributed by atoms with van der Waals surface area (Å²) in [5, 5.41) is 2.68. The molecule has 0 spiro atoms. The zero-order valence-electron chi connectivity index (χ0n) is 14.0. The molecule has 2 aromatic rings. The van der Waals surface area contributed by atoms with Crippen LogP contribution in [0.2, 0.25) is 5.02 Å². The molecule has 0 aromatic heterocycles. The van der Waals surface area contributed by atoms with Gasteiger partial charge < -0.3 is 5.32 Å². The van der Waals surface area contributed by atoms with E-state index in [1.54, 1.807) is 0 Å². The van der Waals surface area contributed by atoms with Gasteiger partial charge in [0.2, 0.25) is 5.91 Å². The van der Waals surface area contributed by atoms with E-state index in [2.05, 4.69) is 5.32 Å². The lowest BCUT2D eigenvalue weighted by atomic mass is 10.1. The van der Waals surface area contributed by atoms with Gasteiger partial charge in [-0.1, -0.05) is 42.8 Å². The number of para-hydroxylation sites is 1. The van der Waals surface area contributed by atoms with Crippen LogP contribution in [0.3, 0.4) is 0 Å². The van der Waals surface area contributed by atoms with Gasteiger partial charge in [0.25, 0.3) is 0 Å². The maximum Gasteiger partial charge on any atom is 0.239 e. The number of hydrogen-bond donors (Lipinski definition) is 1. The van der Waals surface area contributed by atoms with Gasteiger partial charge in [0.05, 0.1) is 5.75 Å². The van der Waals surface area contributed by atoms with Crippen molar-refractivity contribution in [3.05, 3.63) is 63.9 Å². The molecular weight excluding hydrogens is 365 g/mol. The highest BCUT2D eigenvalue weighted by atomic mass is 35.5. The molecule has 0 unspecified atom stereocenters. The lowest BCUT2D eigenvalue weighted by Gasteiger charge is -2.13. The molecule has 0 aliphatic heterocycles. The second-order valence-corrected chi connectivity index (χ2v) is 8.21. The number of hydrogen-bond acceptors (Lipinski definition) is 3. The van der Waals surface area contributed by atoms with E-state index in [9.17, 15) is 17.6 Å². The van der Waals surface area contributed by atoms with Crippen LogP contribution in [-0.2, 0) is 26.8 Å². The molecule has 0 atom stereocenters. The maximum atomic E-state index is 13.8. The predicted molar refractivity (Wildman–Crippen MR) is 98.1 cm³/mol. The fourth-order valence-electron chi connectivity index (χ4n) is 2.52. The fraction of sp³-hybridized carbons (Fsp3) is 0.278. The van der Waals surface area contributed by atoms with Gasteiger partial charge in [0, 0.05) is 16.3 Å². The molecule has 0 fully saturated rings. The first-order valence-corrected chi connectivity index (χ1v) is 9.95. The summed E-state index contributed by atoms with van der Waals surface area (Å²) in [6.45, 7) is 3.78. The molecule has 0 heterocycles. The summed E-state index contributed by atoms with van der Waals surface area (Å²) in [5.74, 6) is -2.73. The number of sulfone groups is 1. The van der Waals surface area contributed by atoms with Gasteiger partial charge in [-0.05, 0) is 36.6 Å². The second kappa shape index (κ2) is 7.97. The minimum absolute atomic E-state index is 0.0242. The van der Waals surface area contributed by atoms with Crippen LogP contribution < -0.4 is 5.32 Å². The van der Waals surface area contributed by atoms with Crippen molar-refractivity contribution >= 4 is 33.0 Å². The quantitative estimate of drug-likeness (QED) is 0.822. The molecule has 0 aliphatic carbocycles. The molecular formula is C18H19ClFNO3S. The summed E-state index contributed by atoms with van der Waals surface area (Å²) < 4.78 is 38.3. The Morgan fingerprint density at radius 1 is 1.20 bits per heavy atom. The number of aryl methyl sites for hydroxylation is 2. The first-order valence-electron chi connectivity index (χ1n) is 7.75. The number of amides is 1. The number of nitrogens with one attached hydrogen (secondary N) is 1. The standard InChI is InChI=1S/C18H19ClFNO3S/c1-3-13-7-4-6-12(2)18(13)21-17(22)11-25(23,24)10-14-15(19)8-5-9-16(14)20/h4-9H,3,10-11H2,1-2H3,(H,21,22). The van der Waals surface area contributed by atoms with Crippen LogP contribution in [0.1, 0.15) is 23.6 Å². The number of halogens is 2. The summed E-state index contributed by atoms with van der Waals surface area (Å²) in [5.41, 5.74) is 2.27. The van der Waals surface area contributed by atoms with E-state index >= 15 is 0 Å². The lowest BCUT2D eigenvalue weighted by Crippen LogP contribution is -2.25. The van der Waals surface area contributed by atoms with Crippen molar-refractivity contribution < 1.29 is 17.6 Å². The smallest absolute Gasteiger partial charge is 0.239 e. The van der Waals surface area contributed by atoms with Crippen LogP contribution in [-0.4, -0.2) is 20.1 Å². The van der Waals surface area contributed by atoms with Gasteiger partial charge in [-0.3, -0.25) is 4.79 Å². The second-order valence-electron chi connectivity index (χ2n) is 5.74. The normalized spacial score (nSPS) is 11.4. The van der Waals surface area contributed by atoms with Crippen molar-refractivity contribution in [2.75, 3.05) is 11.1 Å². The summed E-state index contributed by atoms with van der Waals surface area (Å²) in [4.78, 5) is 12.2. The third-order valence-corrected chi connectivity index (χ3v) is 5.57. The largest absolute Gasteiger partial charge is 0.325 e. The van der Waals surface area contributed by atoms with E-state index in [4.69, 9.17) is 11.6 Å². The Morgan fingerprint density at radius 3 is 2.52 bits per heavy atom. The van der Waals surface area contributed by atoms with Gasteiger partial charge in [0.1, 0.15) is 11.6 Å².